The van der Waals surface area contributed by atoms with Gasteiger partial charge in [0.25, 0.3) is 5.91 Å². The third kappa shape index (κ3) is 4.66. The van der Waals surface area contributed by atoms with Crippen LogP contribution in [0.5, 0.6) is 11.5 Å². The Morgan fingerprint density at radius 1 is 0.861 bits per heavy atom. The number of hydrogen-bond donors (Lipinski definition) is 0. The number of amides is 1. The van der Waals surface area contributed by atoms with Crippen LogP contribution >= 0.6 is 0 Å². The highest BCUT2D eigenvalue weighted by atomic mass is 19.2. The maximum absolute atomic E-state index is 14.3. The minimum atomic E-state index is -2.32. The average Bonchev–Trinajstić information content (AvgIpc) is 3.15. The van der Waals surface area contributed by atoms with E-state index in [-0.39, 0.29) is 16.3 Å². The van der Waals surface area contributed by atoms with E-state index in [0.717, 1.165) is 5.56 Å². The fourth-order valence-corrected chi connectivity index (χ4v) is 3.52. The van der Waals surface area contributed by atoms with E-state index in [2.05, 4.69) is 5.10 Å². The van der Waals surface area contributed by atoms with Crippen molar-refractivity contribution < 1.29 is 36.2 Å². The quantitative estimate of drug-likeness (QED) is 0.168. The molecule has 1 aliphatic rings. The molecule has 0 saturated carbocycles. The second kappa shape index (κ2) is 10.2. The van der Waals surface area contributed by atoms with Crippen molar-refractivity contribution >= 4 is 23.4 Å². The summed E-state index contributed by atoms with van der Waals surface area (Å²) in [6.45, 7) is 3.78. The van der Waals surface area contributed by atoms with Crippen molar-refractivity contribution in [3.63, 3.8) is 0 Å². The molecule has 4 rings (SSSR count). The van der Waals surface area contributed by atoms with Gasteiger partial charge in [-0.1, -0.05) is 36.4 Å². The van der Waals surface area contributed by atoms with Gasteiger partial charge < -0.3 is 9.47 Å². The van der Waals surface area contributed by atoms with Crippen LogP contribution < -0.4 is 14.5 Å². The first kappa shape index (κ1) is 24.9. The van der Waals surface area contributed by atoms with E-state index >= 15 is 0 Å². The Morgan fingerprint density at radius 2 is 1.50 bits per heavy atom. The van der Waals surface area contributed by atoms with Crippen LogP contribution in [-0.2, 0) is 11.4 Å². The van der Waals surface area contributed by atoms with E-state index in [1.807, 2.05) is 30.3 Å². The molecule has 0 atom stereocenters. The van der Waals surface area contributed by atoms with Crippen LogP contribution in [0.1, 0.15) is 25.0 Å². The maximum atomic E-state index is 14.3. The summed E-state index contributed by atoms with van der Waals surface area (Å²) in [4.78, 5) is 12.9. The first-order valence-electron chi connectivity index (χ1n) is 10.8. The van der Waals surface area contributed by atoms with E-state index in [1.54, 1.807) is 25.1 Å². The van der Waals surface area contributed by atoms with Crippen molar-refractivity contribution in [3.05, 3.63) is 94.3 Å². The first-order chi connectivity index (χ1) is 17.2. The van der Waals surface area contributed by atoms with Gasteiger partial charge in [0.2, 0.25) is 5.82 Å². The molecule has 10 heteroatoms. The molecule has 0 N–H and O–H groups in total. The van der Waals surface area contributed by atoms with Crippen molar-refractivity contribution in [2.75, 3.05) is 11.6 Å². The van der Waals surface area contributed by atoms with Gasteiger partial charge in [-0.2, -0.15) is 10.1 Å². The Morgan fingerprint density at radius 3 is 2.14 bits per heavy atom. The summed E-state index contributed by atoms with van der Waals surface area (Å²) in [6, 6.07) is 14.3. The Labute approximate surface area is 203 Å². The zero-order valence-electron chi connectivity index (χ0n) is 19.1. The zero-order valence-corrected chi connectivity index (χ0v) is 19.1. The standard InChI is InChI=1S/C26H19F5N2O3/c1-3-35-19-12-16(9-10-18(19)36-13-15-7-5-4-6-8-15)11-17-14(2)32-33(26(17)34)25-23(30)21(28)20(27)22(29)24(25)31/h4-12H,3,13H2,1-2H3/b17-11+. The van der Waals surface area contributed by atoms with E-state index in [0.29, 0.717) is 30.3 Å². The Hall–Kier alpha value is -4.21. The minimum Gasteiger partial charge on any atom is -0.490 e. The molecule has 186 valence electrons. The van der Waals surface area contributed by atoms with Crippen LogP contribution in [0.25, 0.3) is 6.08 Å². The lowest BCUT2D eigenvalue weighted by Gasteiger charge is -2.15. The molecule has 0 aromatic heterocycles. The molecule has 36 heavy (non-hydrogen) atoms. The molecule has 0 radical (unpaired) electrons. The number of hydrogen-bond acceptors (Lipinski definition) is 4. The van der Waals surface area contributed by atoms with Crippen LogP contribution in [0.3, 0.4) is 0 Å². The lowest BCUT2D eigenvalue weighted by molar-refractivity contribution is -0.114. The van der Waals surface area contributed by atoms with Gasteiger partial charge in [-0.15, -0.1) is 0 Å². The summed E-state index contributed by atoms with van der Waals surface area (Å²) in [7, 11) is 0. The number of hydrazone groups is 1. The molecule has 0 spiro atoms. The lowest BCUT2D eigenvalue weighted by Crippen LogP contribution is -2.25. The van der Waals surface area contributed by atoms with Crippen LogP contribution in [0.2, 0.25) is 0 Å². The first-order valence-corrected chi connectivity index (χ1v) is 10.8. The summed E-state index contributed by atoms with van der Waals surface area (Å²) in [5.41, 5.74) is -0.116. The van der Waals surface area contributed by atoms with E-state index in [9.17, 15) is 26.7 Å². The molecular weight excluding hydrogens is 483 g/mol. The van der Waals surface area contributed by atoms with Crippen molar-refractivity contribution in [2.24, 2.45) is 5.10 Å². The fourth-order valence-electron chi connectivity index (χ4n) is 3.52. The molecule has 1 aliphatic heterocycles. The van der Waals surface area contributed by atoms with E-state index < -0.39 is 40.7 Å². The highest BCUT2D eigenvalue weighted by Gasteiger charge is 2.37. The molecule has 5 nitrogen and oxygen atoms in total. The van der Waals surface area contributed by atoms with E-state index in [1.165, 1.54) is 13.0 Å². The zero-order chi connectivity index (χ0) is 26.0. The predicted molar refractivity (Wildman–Crippen MR) is 123 cm³/mol. The third-order valence-electron chi connectivity index (χ3n) is 5.28. The molecule has 0 unspecified atom stereocenters. The predicted octanol–water partition coefficient (Wildman–Crippen LogP) is 6.17. The number of carbonyl (C=O) groups is 1. The SMILES string of the molecule is CCOc1cc(/C=C2/C(=O)N(c3c(F)c(F)c(F)c(F)c3F)N=C2C)ccc1OCc1ccccc1. The van der Waals surface area contributed by atoms with Gasteiger partial charge in [-0.3, -0.25) is 4.79 Å². The largest absolute Gasteiger partial charge is 0.490 e. The lowest BCUT2D eigenvalue weighted by atomic mass is 10.1. The summed E-state index contributed by atoms with van der Waals surface area (Å²) in [5, 5.41) is 3.90. The van der Waals surface area contributed by atoms with Crippen LogP contribution in [0.15, 0.2) is 59.2 Å². The van der Waals surface area contributed by atoms with Crippen molar-refractivity contribution in [1.29, 1.82) is 0 Å². The van der Waals surface area contributed by atoms with Crippen LogP contribution in [-0.4, -0.2) is 18.2 Å². The average molecular weight is 502 g/mol. The van der Waals surface area contributed by atoms with Gasteiger partial charge in [-0.25, -0.2) is 22.0 Å². The summed E-state index contributed by atoms with van der Waals surface area (Å²) < 4.78 is 80.7. The molecule has 1 amide bonds. The second-order valence-corrected chi connectivity index (χ2v) is 7.69. The highest BCUT2D eigenvalue weighted by molar-refractivity contribution is 6.32. The molecule has 0 fully saturated rings. The number of nitrogens with zero attached hydrogens (tertiary/aromatic N) is 2. The molecule has 0 bridgehead atoms. The number of carbonyl (C=O) groups excluding carboxylic acids is 1. The molecule has 1 heterocycles. The molecule has 3 aromatic rings. The van der Waals surface area contributed by atoms with Gasteiger partial charge in [0.05, 0.1) is 17.9 Å². The van der Waals surface area contributed by atoms with Gasteiger partial charge in [0.15, 0.2) is 34.8 Å². The van der Waals surface area contributed by atoms with E-state index in [4.69, 9.17) is 9.47 Å². The Kier molecular flexibility index (Phi) is 7.05. The van der Waals surface area contributed by atoms with Gasteiger partial charge in [0, 0.05) is 0 Å². The summed E-state index contributed by atoms with van der Waals surface area (Å²) >= 11 is 0. The van der Waals surface area contributed by atoms with Gasteiger partial charge in [-0.05, 0) is 43.2 Å². The second-order valence-electron chi connectivity index (χ2n) is 7.69. The topological polar surface area (TPSA) is 51.1 Å². The maximum Gasteiger partial charge on any atom is 0.280 e. The van der Waals surface area contributed by atoms with Crippen LogP contribution in [0.4, 0.5) is 27.6 Å². The normalized spacial score (nSPS) is 14.4. The van der Waals surface area contributed by atoms with Crippen molar-refractivity contribution in [2.45, 2.75) is 20.5 Å². The van der Waals surface area contributed by atoms with Gasteiger partial charge in [0.1, 0.15) is 12.3 Å². The Bertz CT molecular complexity index is 1360. The molecular formula is C26H19F5N2O3. The number of halogens is 5. The van der Waals surface area contributed by atoms with Gasteiger partial charge >= 0.3 is 0 Å². The molecule has 3 aromatic carbocycles. The molecule has 0 aliphatic carbocycles. The smallest absolute Gasteiger partial charge is 0.280 e. The third-order valence-corrected chi connectivity index (χ3v) is 5.28. The highest BCUT2D eigenvalue weighted by Crippen LogP contribution is 2.35. The summed E-state index contributed by atoms with van der Waals surface area (Å²) in [6.07, 6.45) is 1.37. The number of rotatable bonds is 7. The molecule has 0 saturated heterocycles. The number of ether oxygens (including phenoxy) is 2. The van der Waals surface area contributed by atoms with Crippen LogP contribution in [0, 0.1) is 29.1 Å². The summed E-state index contributed by atoms with van der Waals surface area (Å²) in [5.74, 6) is -11.2. The van der Waals surface area contributed by atoms with Crippen molar-refractivity contribution in [1.82, 2.24) is 0 Å². The number of anilines is 1. The fraction of sp³-hybridized carbons (Fsp3) is 0.154. The number of benzene rings is 3. The minimum absolute atomic E-state index is 0.0197. The Balaban J connectivity index is 1.64. The monoisotopic (exact) mass is 502 g/mol. The van der Waals surface area contributed by atoms with Crippen molar-refractivity contribution in [3.8, 4) is 11.5 Å².